The Morgan fingerprint density at radius 2 is 2.53 bits per heavy atom. The Morgan fingerprint density at radius 1 is 1.73 bits per heavy atom. The molecule has 0 aromatic carbocycles. The first kappa shape index (κ1) is 12.2. The van der Waals surface area contributed by atoms with Gasteiger partial charge in [-0.05, 0) is 6.42 Å². The maximum absolute atomic E-state index is 10.7. The third-order valence-electron chi connectivity index (χ3n) is 2.20. The molecule has 1 saturated heterocycles. The van der Waals surface area contributed by atoms with Crippen LogP contribution in [-0.4, -0.2) is 48.6 Å². The fraction of sp³-hybridized carbons (Fsp3) is 0.800. The molecule has 1 N–H and O–H groups in total. The summed E-state index contributed by atoms with van der Waals surface area (Å²) in [5, 5.41) is 10.5. The molecule has 0 aromatic rings. The molecule has 0 unspecified atom stereocenters. The van der Waals surface area contributed by atoms with Crippen molar-refractivity contribution < 1.29 is 19.5 Å². The van der Waals surface area contributed by atoms with E-state index in [1.807, 2.05) is 0 Å². The van der Waals surface area contributed by atoms with Crippen molar-refractivity contribution in [3.8, 4) is 0 Å². The van der Waals surface area contributed by atoms with Crippen LogP contribution in [0.3, 0.4) is 0 Å². The van der Waals surface area contributed by atoms with Gasteiger partial charge in [0.05, 0.1) is 26.4 Å². The number of hydrogen-bond acceptors (Lipinski definition) is 5. The van der Waals surface area contributed by atoms with Crippen LogP contribution in [0.5, 0.6) is 0 Å². The highest BCUT2D eigenvalue weighted by Crippen LogP contribution is 2.15. The minimum atomic E-state index is -0.599. The lowest BCUT2D eigenvalue weighted by atomic mass is 10.2. The van der Waals surface area contributed by atoms with Crippen LogP contribution in [0, 0.1) is 0 Å². The molecule has 0 aromatic heterocycles. The summed E-state index contributed by atoms with van der Waals surface area (Å²) in [4.78, 5) is 16.1. The molecule has 0 aliphatic carbocycles. The van der Waals surface area contributed by atoms with Crippen molar-refractivity contribution in [1.82, 2.24) is 5.06 Å². The minimum Gasteiger partial charge on any atom is -0.393 e. The van der Waals surface area contributed by atoms with Crippen molar-refractivity contribution >= 4 is 5.94 Å². The Kier molecular flexibility index (Phi) is 5.36. The summed E-state index contributed by atoms with van der Waals surface area (Å²) in [7, 11) is 0. The molecular formula is C10H17NO4. The third kappa shape index (κ3) is 3.32. The van der Waals surface area contributed by atoms with Crippen LogP contribution in [0.1, 0.15) is 19.8 Å². The van der Waals surface area contributed by atoms with E-state index < -0.39 is 6.10 Å². The van der Waals surface area contributed by atoms with Crippen LogP contribution in [0.4, 0.5) is 0 Å². The van der Waals surface area contributed by atoms with Crippen LogP contribution in [-0.2, 0) is 14.4 Å². The average molecular weight is 215 g/mol. The van der Waals surface area contributed by atoms with Gasteiger partial charge in [-0.1, -0.05) is 13.3 Å². The zero-order chi connectivity index (χ0) is 11.1. The molecule has 0 spiro atoms. The van der Waals surface area contributed by atoms with Gasteiger partial charge in [-0.2, -0.15) is 0 Å². The Morgan fingerprint density at radius 3 is 3.13 bits per heavy atom. The van der Waals surface area contributed by atoms with E-state index in [1.165, 1.54) is 5.06 Å². The molecule has 1 heterocycles. The topological polar surface area (TPSA) is 59.0 Å². The smallest absolute Gasteiger partial charge is 0.156 e. The van der Waals surface area contributed by atoms with Gasteiger partial charge in [0.1, 0.15) is 6.10 Å². The molecule has 1 aliphatic rings. The van der Waals surface area contributed by atoms with E-state index in [4.69, 9.17) is 14.7 Å². The molecule has 86 valence electrons. The molecular weight excluding hydrogens is 198 g/mol. The highest BCUT2D eigenvalue weighted by atomic mass is 16.7. The quantitative estimate of drug-likeness (QED) is 0.521. The molecule has 0 saturated carbocycles. The van der Waals surface area contributed by atoms with Gasteiger partial charge in [0.15, 0.2) is 11.6 Å². The third-order valence-corrected chi connectivity index (χ3v) is 2.20. The first-order valence-electron chi connectivity index (χ1n) is 5.21. The Hall–Kier alpha value is -0.870. The number of nitrogens with zero attached hydrogens (tertiary/aromatic N) is 1. The number of rotatable bonds is 5. The van der Waals surface area contributed by atoms with Crippen LogP contribution >= 0.6 is 0 Å². The second kappa shape index (κ2) is 6.58. The van der Waals surface area contributed by atoms with Crippen LogP contribution < -0.4 is 0 Å². The molecule has 1 fully saturated rings. The van der Waals surface area contributed by atoms with E-state index in [0.717, 1.165) is 12.8 Å². The first-order chi connectivity index (χ1) is 7.33. The van der Waals surface area contributed by atoms with E-state index in [2.05, 4.69) is 6.92 Å². The standard InChI is InChI=1S/C10H17NO4/c1-2-3-5-15-11-4-6-14-10(8-13)9(11)7-12/h10,13H,2-6,8H2,1H3/t10-/m1/s1. The molecule has 15 heavy (non-hydrogen) atoms. The summed E-state index contributed by atoms with van der Waals surface area (Å²) in [6, 6.07) is 0. The fourth-order valence-electron chi connectivity index (χ4n) is 1.35. The molecule has 0 radical (unpaired) electrons. The highest BCUT2D eigenvalue weighted by molar-refractivity contribution is 5.53. The monoisotopic (exact) mass is 215 g/mol. The van der Waals surface area contributed by atoms with Gasteiger partial charge in [-0.15, -0.1) is 0 Å². The average Bonchev–Trinajstić information content (AvgIpc) is 2.29. The largest absolute Gasteiger partial charge is 0.393 e. The maximum Gasteiger partial charge on any atom is 0.156 e. The predicted molar refractivity (Wildman–Crippen MR) is 53.6 cm³/mol. The van der Waals surface area contributed by atoms with Crippen molar-refractivity contribution in [2.75, 3.05) is 26.4 Å². The first-order valence-corrected chi connectivity index (χ1v) is 5.21. The molecule has 5 heteroatoms. The second-order valence-electron chi connectivity index (χ2n) is 3.32. The summed E-state index contributed by atoms with van der Waals surface area (Å²) in [5.41, 5.74) is 0.250. The van der Waals surface area contributed by atoms with Gasteiger partial charge in [-0.3, -0.25) is 4.84 Å². The predicted octanol–water partition coefficient (Wildman–Crippen LogP) is 0.127. The molecule has 1 atom stereocenters. The van der Waals surface area contributed by atoms with Crippen molar-refractivity contribution in [1.29, 1.82) is 0 Å². The molecule has 0 bridgehead atoms. The summed E-state index contributed by atoms with van der Waals surface area (Å²) >= 11 is 0. The van der Waals surface area contributed by atoms with Crippen molar-refractivity contribution in [2.45, 2.75) is 25.9 Å². The van der Waals surface area contributed by atoms with Gasteiger partial charge in [0.2, 0.25) is 0 Å². The fourth-order valence-corrected chi connectivity index (χ4v) is 1.35. The molecule has 1 aliphatic heterocycles. The Bertz CT molecular complexity index is 238. The van der Waals surface area contributed by atoms with E-state index in [0.29, 0.717) is 19.8 Å². The lowest BCUT2D eigenvalue weighted by molar-refractivity contribution is -0.182. The normalized spacial score (nSPS) is 21.6. The van der Waals surface area contributed by atoms with Crippen molar-refractivity contribution in [3.05, 3.63) is 5.70 Å². The van der Waals surface area contributed by atoms with Crippen molar-refractivity contribution in [3.63, 3.8) is 0 Å². The summed E-state index contributed by atoms with van der Waals surface area (Å²) < 4.78 is 5.20. The number of ether oxygens (including phenoxy) is 1. The number of carbonyl (C=O) groups excluding carboxylic acids is 1. The lowest BCUT2D eigenvalue weighted by Crippen LogP contribution is -2.42. The number of aliphatic hydroxyl groups is 1. The minimum absolute atomic E-state index is 0.224. The van der Waals surface area contributed by atoms with Crippen LogP contribution in [0.25, 0.3) is 0 Å². The number of unbranched alkanes of at least 4 members (excludes halogenated alkanes) is 1. The number of aliphatic hydroxyl groups excluding tert-OH is 1. The van der Waals surface area contributed by atoms with E-state index in [9.17, 15) is 4.79 Å². The van der Waals surface area contributed by atoms with Gasteiger partial charge in [0.25, 0.3) is 0 Å². The number of hydrogen-bond donors (Lipinski definition) is 1. The maximum atomic E-state index is 10.7. The summed E-state index contributed by atoms with van der Waals surface area (Å²) in [5.74, 6) is 1.76. The number of hydroxylamine groups is 2. The van der Waals surface area contributed by atoms with Gasteiger partial charge >= 0.3 is 0 Å². The summed E-state index contributed by atoms with van der Waals surface area (Å²) in [6.45, 7) is 3.36. The van der Waals surface area contributed by atoms with Gasteiger partial charge in [0, 0.05) is 0 Å². The van der Waals surface area contributed by atoms with E-state index in [1.54, 1.807) is 5.94 Å². The molecule has 1 rings (SSSR count). The SMILES string of the molecule is CCCCON1CCO[C@H](CO)C1=C=O. The molecule has 0 amide bonds. The molecule has 5 nitrogen and oxygen atoms in total. The highest BCUT2D eigenvalue weighted by Gasteiger charge is 2.27. The zero-order valence-corrected chi connectivity index (χ0v) is 8.94. The summed E-state index contributed by atoms with van der Waals surface area (Å²) in [6.07, 6.45) is 1.37. The number of morpholine rings is 1. The van der Waals surface area contributed by atoms with Gasteiger partial charge < -0.3 is 9.84 Å². The van der Waals surface area contributed by atoms with Crippen LogP contribution in [0.15, 0.2) is 5.70 Å². The van der Waals surface area contributed by atoms with Gasteiger partial charge in [-0.25, -0.2) is 9.86 Å². The lowest BCUT2D eigenvalue weighted by Gasteiger charge is -2.32. The Balaban J connectivity index is 2.50. The van der Waals surface area contributed by atoms with E-state index >= 15 is 0 Å². The van der Waals surface area contributed by atoms with E-state index in [-0.39, 0.29) is 12.3 Å². The Labute approximate surface area is 89.2 Å². The van der Waals surface area contributed by atoms with Crippen LogP contribution in [0.2, 0.25) is 0 Å². The zero-order valence-electron chi connectivity index (χ0n) is 8.94. The van der Waals surface area contributed by atoms with Crippen molar-refractivity contribution in [2.24, 2.45) is 0 Å². The second-order valence-corrected chi connectivity index (χ2v) is 3.32.